The average Bonchev–Trinajstić information content (AvgIpc) is 2.83. The number of nitrogens with one attached hydrogen (secondary N) is 1. The van der Waals surface area contributed by atoms with Gasteiger partial charge in [-0.3, -0.25) is 13.9 Å². The third-order valence-electron chi connectivity index (χ3n) is 5.74. The van der Waals surface area contributed by atoms with E-state index in [2.05, 4.69) is 5.32 Å². The Morgan fingerprint density at radius 1 is 1.06 bits per heavy atom. The number of benzene rings is 2. The number of carbonyl (C=O) groups is 2. The predicted molar refractivity (Wildman–Crippen MR) is 144 cm³/mol. The maximum absolute atomic E-state index is 13.7. The Morgan fingerprint density at radius 2 is 1.75 bits per heavy atom. The molecule has 2 atom stereocenters. The molecule has 0 saturated carbocycles. The van der Waals surface area contributed by atoms with E-state index in [1.165, 1.54) is 18.1 Å². The smallest absolute Gasteiger partial charge is 0.244 e. The summed E-state index contributed by atoms with van der Waals surface area (Å²) in [5.74, 6) is -0.409. The van der Waals surface area contributed by atoms with Crippen molar-refractivity contribution in [1.29, 1.82) is 0 Å². The number of rotatable bonds is 12. The van der Waals surface area contributed by atoms with E-state index < -0.39 is 28.5 Å². The average molecular weight is 559 g/mol. The predicted octanol–water partition coefficient (Wildman–Crippen LogP) is 4.49. The molecule has 0 aliphatic carbocycles. The standard InChI is InChI=1S/C25H33Cl2N3O5S/c1-6-17(3)28-25(32)23(7-2)29(15-18-11-12-21(26)22(27)13-18)24(31)16-30(36(5,33)34)19-9-8-10-20(14-19)35-4/h8-14,17,23H,6-7,15-16H2,1-5H3,(H,28,32)/t17-,23-/m1/s1. The Kier molecular flexibility index (Phi) is 10.9. The van der Waals surface area contributed by atoms with Crippen molar-refractivity contribution in [3.8, 4) is 5.75 Å². The van der Waals surface area contributed by atoms with Crippen LogP contribution < -0.4 is 14.4 Å². The Hall–Kier alpha value is -2.49. The fourth-order valence-corrected chi connectivity index (χ4v) is 4.74. The van der Waals surface area contributed by atoms with Crippen LogP contribution in [0.5, 0.6) is 5.75 Å². The van der Waals surface area contributed by atoms with Crippen molar-refractivity contribution in [3.05, 3.63) is 58.1 Å². The lowest BCUT2D eigenvalue weighted by Gasteiger charge is -2.33. The molecule has 36 heavy (non-hydrogen) atoms. The largest absolute Gasteiger partial charge is 0.497 e. The number of halogens is 2. The number of hydrogen-bond donors (Lipinski definition) is 1. The van der Waals surface area contributed by atoms with Gasteiger partial charge in [-0.1, -0.05) is 49.2 Å². The number of anilines is 1. The van der Waals surface area contributed by atoms with Gasteiger partial charge in [-0.15, -0.1) is 0 Å². The number of ether oxygens (including phenoxy) is 1. The van der Waals surface area contributed by atoms with Crippen LogP contribution in [0.25, 0.3) is 0 Å². The number of sulfonamides is 1. The molecule has 2 amide bonds. The molecule has 0 aromatic heterocycles. The van der Waals surface area contributed by atoms with Crippen LogP contribution in [0.3, 0.4) is 0 Å². The first-order valence-electron chi connectivity index (χ1n) is 11.6. The zero-order valence-corrected chi connectivity index (χ0v) is 23.5. The Bertz CT molecular complexity index is 1180. The van der Waals surface area contributed by atoms with E-state index in [1.807, 2.05) is 13.8 Å². The summed E-state index contributed by atoms with van der Waals surface area (Å²) in [6, 6.07) is 10.5. The highest BCUT2D eigenvalue weighted by Crippen LogP contribution is 2.26. The highest BCUT2D eigenvalue weighted by Gasteiger charge is 2.32. The van der Waals surface area contributed by atoms with E-state index >= 15 is 0 Å². The summed E-state index contributed by atoms with van der Waals surface area (Å²) in [5, 5.41) is 3.60. The molecular formula is C25H33Cl2N3O5S. The molecule has 8 nitrogen and oxygen atoms in total. The first-order chi connectivity index (χ1) is 16.9. The Balaban J connectivity index is 2.47. The molecule has 0 unspecified atom stereocenters. The summed E-state index contributed by atoms with van der Waals surface area (Å²) in [4.78, 5) is 28.2. The second-order valence-corrected chi connectivity index (χ2v) is 11.2. The summed E-state index contributed by atoms with van der Waals surface area (Å²) >= 11 is 12.2. The third kappa shape index (κ3) is 8.01. The lowest BCUT2D eigenvalue weighted by molar-refractivity contribution is -0.140. The second-order valence-electron chi connectivity index (χ2n) is 8.48. The van der Waals surface area contributed by atoms with Crippen LogP contribution in [0.2, 0.25) is 10.0 Å². The molecule has 0 aliphatic rings. The van der Waals surface area contributed by atoms with Gasteiger partial charge in [0.05, 0.1) is 29.1 Å². The quantitative estimate of drug-likeness (QED) is 0.414. The zero-order valence-electron chi connectivity index (χ0n) is 21.1. The normalized spacial score (nSPS) is 13.0. The molecule has 11 heteroatoms. The minimum Gasteiger partial charge on any atom is -0.497 e. The van der Waals surface area contributed by atoms with Gasteiger partial charge in [0.1, 0.15) is 18.3 Å². The highest BCUT2D eigenvalue weighted by molar-refractivity contribution is 7.92. The van der Waals surface area contributed by atoms with Crippen molar-refractivity contribution in [2.75, 3.05) is 24.2 Å². The van der Waals surface area contributed by atoms with Crippen LogP contribution in [0.15, 0.2) is 42.5 Å². The number of hydrogen-bond acceptors (Lipinski definition) is 5. The van der Waals surface area contributed by atoms with Crippen molar-refractivity contribution in [2.24, 2.45) is 0 Å². The van der Waals surface area contributed by atoms with E-state index in [0.29, 0.717) is 27.8 Å². The minimum absolute atomic E-state index is 0.0396. The number of methoxy groups -OCH3 is 1. The van der Waals surface area contributed by atoms with Crippen molar-refractivity contribution >= 4 is 50.7 Å². The second kappa shape index (κ2) is 13.2. The summed E-state index contributed by atoms with van der Waals surface area (Å²) in [6.07, 6.45) is 2.07. The lowest BCUT2D eigenvalue weighted by Crippen LogP contribution is -2.53. The number of nitrogens with zero attached hydrogens (tertiary/aromatic N) is 2. The minimum atomic E-state index is -3.84. The topological polar surface area (TPSA) is 96.0 Å². The first kappa shape index (κ1) is 29.7. The van der Waals surface area contributed by atoms with Crippen molar-refractivity contribution in [1.82, 2.24) is 10.2 Å². The van der Waals surface area contributed by atoms with Crippen LogP contribution in [-0.2, 0) is 26.2 Å². The molecule has 2 rings (SSSR count). The fourth-order valence-electron chi connectivity index (χ4n) is 3.57. The molecule has 198 valence electrons. The molecule has 0 bridgehead atoms. The fraction of sp³-hybridized carbons (Fsp3) is 0.440. The molecule has 0 heterocycles. The molecule has 2 aromatic carbocycles. The van der Waals surface area contributed by atoms with Crippen molar-refractivity contribution in [3.63, 3.8) is 0 Å². The van der Waals surface area contributed by atoms with Gasteiger partial charge in [0.15, 0.2) is 0 Å². The van der Waals surface area contributed by atoms with E-state index in [0.717, 1.165) is 17.0 Å². The molecular weight excluding hydrogens is 525 g/mol. The van der Waals surface area contributed by atoms with Crippen LogP contribution in [0.4, 0.5) is 5.69 Å². The number of carbonyl (C=O) groups excluding carboxylic acids is 2. The zero-order chi connectivity index (χ0) is 27.0. The Morgan fingerprint density at radius 3 is 2.31 bits per heavy atom. The van der Waals surface area contributed by atoms with Gasteiger partial charge >= 0.3 is 0 Å². The van der Waals surface area contributed by atoms with Gasteiger partial charge in [-0.05, 0) is 49.6 Å². The maximum Gasteiger partial charge on any atom is 0.244 e. The summed E-state index contributed by atoms with van der Waals surface area (Å²) in [5.41, 5.74) is 0.927. The van der Waals surface area contributed by atoms with E-state index in [9.17, 15) is 18.0 Å². The monoisotopic (exact) mass is 557 g/mol. The first-order valence-corrected chi connectivity index (χ1v) is 14.2. The maximum atomic E-state index is 13.7. The summed E-state index contributed by atoms with van der Waals surface area (Å²) in [6.45, 7) is 5.16. The summed E-state index contributed by atoms with van der Waals surface area (Å²) in [7, 11) is -2.37. The molecule has 0 fully saturated rings. The van der Waals surface area contributed by atoms with Crippen LogP contribution in [-0.4, -0.2) is 57.1 Å². The van der Waals surface area contributed by atoms with Gasteiger partial charge in [-0.2, -0.15) is 0 Å². The molecule has 0 spiro atoms. The number of amides is 2. The summed E-state index contributed by atoms with van der Waals surface area (Å²) < 4.78 is 31.6. The SMILES string of the molecule is CC[C@@H](C)NC(=O)[C@@H](CC)N(Cc1ccc(Cl)c(Cl)c1)C(=O)CN(c1cccc(OC)c1)S(C)(=O)=O. The van der Waals surface area contributed by atoms with E-state index in [-0.39, 0.29) is 24.2 Å². The van der Waals surface area contributed by atoms with Gasteiger partial charge in [0, 0.05) is 18.7 Å². The van der Waals surface area contributed by atoms with E-state index in [1.54, 1.807) is 43.3 Å². The lowest BCUT2D eigenvalue weighted by atomic mass is 10.1. The van der Waals surface area contributed by atoms with Crippen molar-refractivity contribution < 1.29 is 22.7 Å². The van der Waals surface area contributed by atoms with Crippen LogP contribution in [0.1, 0.15) is 39.2 Å². The van der Waals surface area contributed by atoms with Crippen LogP contribution >= 0.6 is 23.2 Å². The highest BCUT2D eigenvalue weighted by atomic mass is 35.5. The van der Waals surface area contributed by atoms with E-state index in [4.69, 9.17) is 27.9 Å². The van der Waals surface area contributed by atoms with Crippen molar-refractivity contribution in [2.45, 2.75) is 52.2 Å². The molecule has 1 N–H and O–H groups in total. The van der Waals surface area contributed by atoms with Gasteiger partial charge in [0.2, 0.25) is 21.8 Å². The van der Waals surface area contributed by atoms with Gasteiger partial charge in [0.25, 0.3) is 0 Å². The molecule has 0 radical (unpaired) electrons. The van der Waals surface area contributed by atoms with Gasteiger partial charge < -0.3 is 15.0 Å². The molecule has 0 aliphatic heterocycles. The molecule has 2 aromatic rings. The molecule has 0 saturated heterocycles. The van der Waals surface area contributed by atoms with Gasteiger partial charge in [-0.25, -0.2) is 8.42 Å². The third-order valence-corrected chi connectivity index (χ3v) is 7.62. The van der Waals surface area contributed by atoms with Crippen LogP contribution in [0, 0.1) is 0 Å². The Labute approximate surface area is 223 Å².